The van der Waals surface area contributed by atoms with Crippen molar-refractivity contribution in [1.82, 2.24) is 24.6 Å². The van der Waals surface area contributed by atoms with Crippen LogP contribution in [0.4, 0.5) is 17.3 Å². The molecule has 7 nitrogen and oxygen atoms in total. The standard InChI is InChI=1S/C23H21N7S/c1-15-4-3-10-29(15)22-6-2-5-21(27-22)26-19-13-18(28-30-11-9-24-23(19)30)16-7-8-17-20(12-16)31-14-25-17/h2,5-9,11-15H,3-4,10H2,1H3,(H,26,27). The summed E-state index contributed by atoms with van der Waals surface area (Å²) in [5, 5.41) is 8.24. The summed E-state index contributed by atoms with van der Waals surface area (Å²) in [6.45, 7) is 3.32. The van der Waals surface area contributed by atoms with Gasteiger partial charge in [-0.2, -0.15) is 5.10 Å². The molecular weight excluding hydrogens is 406 g/mol. The molecule has 1 N–H and O–H groups in total. The molecule has 0 bridgehead atoms. The lowest BCUT2D eigenvalue weighted by molar-refractivity contribution is 0.727. The van der Waals surface area contributed by atoms with E-state index in [0.717, 1.165) is 51.0 Å². The lowest BCUT2D eigenvalue weighted by Crippen LogP contribution is -2.27. The Kier molecular flexibility index (Phi) is 4.31. The largest absolute Gasteiger partial charge is 0.354 e. The van der Waals surface area contributed by atoms with Crippen LogP contribution in [0.25, 0.3) is 27.1 Å². The minimum Gasteiger partial charge on any atom is -0.354 e. The maximum Gasteiger partial charge on any atom is 0.177 e. The van der Waals surface area contributed by atoms with Gasteiger partial charge in [-0.3, -0.25) is 0 Å². The number of nitrogens with zero attached hydrogens (tertiary/aromatic N) is 6. The maximum absolute atomic E-state index is 4.88. The van der Waals surface area contributed by atoms with Gasteiger partial charge in [0.25, 0.3) is 0 Å². The van der Waals surface area contributed by atoms with E-state index < -0.39 is 0 Å². The highest BCUT2D eigenvalue weighted by Crippen LogP contribution is 2.30. The molecule has 1 saturated heterocycles. The van der Waals surface area contributed by atoms with Gasteiger partial charge >= 0.3 is 0 Å². The molecule has 0 saturated carbocycles. The van der Waals surface area contributed by atoms with Gasteiger partial charge in [0.15, 0.2) is 5.65 Å². The van der Waals surface area contributed by atoms with E-state index in [9.17, 15) is 0 Å². The van der Waals surface area contributed by atoms with Crippen molar-refractivity contribution in [1.29, 1.82) is 0 Å². The first-order chi connectivity index (χ1) is 15.2. The Hall–Kier alpha value is -3.52. The van der Waals surface area contributed by atoms with Gasteiger partial charge in [-0.1, -0.05) is 12.1 Å². The lowest BCUT2D eigenvalue weighted by Gasteiger charge is -2.23. The molecule has 1 aliphatic rings. The van der Waals surface area contributed by atoms with Gasteiger partial charge in [0.2, 0.25) is 0 Å². The van der Waals surface area contributed by atoms with Crippen molar-refractivity contribution in [2.24, 2.45) is 0 Å². The summed E-state index contributed by atoms with van der Waals surface area (Å²) in [4.78, 5) is 16.1. The van der Waals surface area contributed by atoms with Gasteiger partial charge in [0.05, 0.1) is 27.1 Å². The van der Waals surface area contributed by atoms with E-state index in [1.165, 1.54) is 12.8 Å². The summed E-state index contributed by atoms with van der Waals surface area (Å²) in [5.41, 5.74) is 6.43. The Balaban J connectivity index is 1.39. The second-order valence-electron chi connectivity index (χ2n) is 7.86. The zero-order valence-corrected chi connectivity index (χ0v) is 17.9. The van der Waals surface area contributed by atoms with Crippen LogP contribution in [0.5, 0.6) is 0 Å². The molecule has 5 aromatic rings. The molecule has 0 aliphatic carbocycles. The van der Waals surface area contributed by atoms with Gasteiger partial charge < -0.3 is 10.2 Å². The highest BCUT2D eigenvalue weighted by Gasteiger charge is 2.21. The Morgan fingerprint density at radius 1 is 1.13 bits per heavy atom. The molecule has 1 aromatic carbocycles. The van der Waals surface area contributed by atoms with Crippen LogP contribution in [0, 0.1) is 0 Å². The number of fused-ring (bicyclic) bond motifs is 2. The summed E-state index contributed by atoms with van der Waals surface area (Å²) in [5.74, 6) is 1.82. The van der Waals surface area contributed by atoms with Crippen LogP contribution in [0.1, 0.15) is 19.8 Å². The smallest absolute Gasteiger partial charge is 0.177 e. The molecule has 1 aliphatic heterocycles. The van der Waals surface area contributed by atoms with E-state index in [4.69, 9.17) is 10.1 Å². The SMILES string of the molecule is CC1CCCN1c1cccc(Nc2cc(-c3ccc4ncsc4c3)nn3ccnc23)n1. The van der Waals surface area contributed by atoms with E-state index in [0.29, 0.717) is 6.04 Å². The summed E-state index contributed by atoms with van der Waals surface area (Å²) < 4.78 is 2.95. The molecule has 0 radical (unpaired) electrons. The molecule has 1 atom stereocenters. The number of aromatic nitrogens is 5. The van der Waals surface area contributed by atoms with Gasteiger partial charge in [-0.25, -0.2) is 19.5 Å². The monoisotopic (exact) mass is 427 g/mol. The number of hydrogen-bond donors (Lipinski definition) is 1. The van der Waals surface area contributed by atoms with Crippen molar-refractivity contribution in [3.63, 3.8) is 0 Å². The Labute approximate surface area is 183 Å². The van der Waals surface area contributed by atoms with Crippen molar-refractivity contribution in [3.8, 4) is 11.3 Å². The molecular formula is C23H21N7S. The number of imidazole rings is 1. The van der Waals surface area contributed by atoms with Crippen molar-refractivity contribution in [2.75, 3.05) is 16.8 Å². The lowest BCUT2D eigenvalue weighted by atomic mass is 10.1. The van der Waals surface area contributed by atoms with E-state index in [1.807, 2.05) is 29.9 Å². The van der Waals surface area contributed by atoms with Crippen LogP contribution in [-0.2, 0) is 0 Å². The Morgan fingerprint density at radius 2 is 2.10 bits per heavy atom. The van der Waals surface area contributed by atoms with Crippen LogP contribution in [0.15, 0.2) is 60.4 Å². The maximum atomic E-state index is 4.88. The number of pyridine rings is 1. The van der Waals surface area contributed by atoms with Crippen LogP contribution in [0.3, 0.4) is 0 Å². The fraction of sp³-hybridized carbons (Fsp3) is 0.217. The van der Waals surface area contributed by atoms with Crippen molar-refractivity contribution < 1.29 is 0 Å². The zero-order chi connectivity index (χ0) is 20.8. The highest BCUT2D eigenvalue weighted by atomic mass is 32.1. The van der Waals surface area contributed by atoms with Gasteiger partial charge in [-0.15, -0.1) is 11.3 Å². The quantitative estimate of drug-likeness (QED) is 0.429. The fourth-order valence-corrected chi connectivity index (χ4v) is 4.94. The number of thiazole rings is 1. The van der Waals surface area contributed by atoms with Crippen LogP contribution >= 0.6 is 11.3 Å². The second kappa shape index (κ2) is 7.31. The predicted octanol–water partition coefficient (Wildman–Crippen LogP) is 5.13. The minimum absolute atomic E-state index is 0.524. The average molecular weight is 428 g/mol. The second-order valence-corrected chi connectivity index (χ2v) is 8.75. The number of rotatable bonds is 4. The van der Waals surface area contributed by atoms with E-state index in [2.05, 4.69) is 51.4 Å². The fourth-order valence-electron chi connectivity index (χ4n) is 4.23. The molecule has 1 unspecified atom stereocenters. The third-order valence-electron chi connectivity index (χ3n) is 5.83. The third kappa shape index (κ3) is 3.29. The average Bonchev–Trinajstić information content (AvgIpc) is 3.53. The molecule has 1 fully saturated rings. The molecule has 4 aromatic heterocycles. The topological polar surface area (TPSA) is 71.2 Å². The number of nitrogens with one attached hydrogen (secondary N) is 1. The number of benzene rings is 1. The summed E-state index contributed by atoms with van der Waals surface area (Å²) in [7, 11) is 0. The molecule has 31 heavy (non-hydrogen) atoms. The first-order valence-corrected chi connectivity index (χ1v) is 11.3. The molecule has 0 spiro atoms. The summed E-state index contributed by atoms with van der Waals surface area (Å²) in [6.07, 6.45) is 6.06. The Morgan fingerprint density at radius 3 is 3.00 bits per heavy atom. The van der Waals surface area contributed by atoms with E-state index in [1.54, 1.807) is 22.0 Å². The van der Waals surface area contributed by atoms with E-state index in [-0.39, 0.29) is 0 Å². The van der Waals surface area contributed by atoms with E-state index >= 15 is 0 Å². The molecule has 5 heterocycles. The third-order valence-corrected chi connectivity index (χ3v) is 6.62. The predicted molar refractivity (Wildman–Crippen MR) is 125 cm³/mol. The van der Waals surface area contributed by atoms with Crippen LogP contribution in [0.2, 0.25) is 0 Å². The van der Waals surface area contributed by atoms with Crippen molar-refractivity contribution in [2.45, 2.75) is 25.8 Å². The van der Waals surface area contributed by atoms with Crippen LogP contribution < -0.4 is 10.2 Å². The normalized spacial score (nSPS) is 16.4. The zero-order valence-electron chi connectivity index (χ0n) is 17.1. The van der Waals surface area contributed by atoms with Gasteiger partial charge in [-0.05, 0) is 50.1 Å². The van der Waals surface area contributed by atoms with Crippen molar-refractivity contribution in [3.05, 3.63) is 60.4 Å². The van der Waals surface area contributed by atoms with Gasteiger partial charge in [0, 0.05) is 30.5 Å². The van der Waals surface area contributed by atoms with Crippen LogP contribution in [-0.4, -0.2) is 37.2 Å². The highest BCUT2D eigenvalue weighted by molar-refractivity contribution is 7.16. The molecule has 8 heteroatoms. The number of anilines is 3. The molecule has 0 amide bonds. The first kappa shape index (κ1) is 18.3. The summed E-state index contributed by atoms with van der Waals surface area (Å²) >= 11 is 1.63. The molecule has 154 valence electrons. The minimum atomic E-state index is 0.524. The number of hydrogen-bond acceptors (Lipinski definition) is 7. The van der Waals surface area contributed by atoms with Gasteiger partial charge in [0.1, 0.15) is 11.6 Å². The first-order valence-electron chi connectivity index (χ1n) is 10.4. The van der Waals surface area contributed by atoms with Crippen molar-refractivity contribution >= 4 is 44.5 Å². The summed E-state index contributed by atoms with van der Waals surface area (Å²) in [6, 6.07) is 14.9. The Bertz CT molecular complexity index is 1390. The molecule has 6 rings (SSSR count).